The average molecular weight is 334 g/mol. The fourth-order valence-electron chi connectivity index (χ4n) is 3.48. The van der Waals surface area contributed by atoms with Gasteiger partial charge in [0.25, 0.3) is 5.91 Å². The summed E-state index contributed by atoms with van der Waals surface area (Å²) in [7, 11) is 0. The molecule has 1 heterocycles. The number of hydrogen-bond acceptors (Lipinski definition) is 4. The van der Waals surface area contributed by atoms with Crippen molar-refractivity contribution in [1.29, 1.82) is 0 Å². The molecule has 2 unspecified atom stereocenters. The summed E-state index contributed by atoms with van der Waals surface area (Å²) >= 11 is 0.444. The molecule has 1 aromatic heterocycles. The summed E-state index contributed by atoms with van der Waals surface area (Å²) in [6.45, 7) is 2.53. The zero-order valence-corrected chi connectivity index (χ0v) is 12.9. The number of rotatable bonds is 4. The second-order valence-corrected chi connectivity index (χ2v) is 6.68. The summed E-state index contributed by atoms with van der Waals surface area (Å²) in [4.78, 5) is 14.8. The first-order chi connectivity index (χ1) is 10.4. The van der Waals surface area contributed by atoms with Crippen molar-refractivity contribution < 1.29 is 22.7 Å². The van der Waals surface area contributed by atoms with Gasteiger partial charge in [0, 0.05) is 18.1 Å². The maximum atomic E-state index is 12.8. The number of thiazole rings is 1. The molecular weight excluding hydrogens is 317 g/mol. The molecular formula is C14H17F3N2O2S. The summed E-state index contributed by atoms with van der Waals surface area (Å²) in [5.74, 6) is -0.736. The van der Waals surface area contributed by atoms with E-state index in [1.165, 1.54) is 0 Å². The molecule has 4 nitrogen and oxygen atoms in total. The molecule has 0 saturated heterocycles. The van der Waals surface area contributed by atoms with Gasteiger partial charge in [0.2, 0.25) is 0 Å². The first kappa shape index (κ1) is 15.7. The Morgan fingerprint density at radius 1 is 1.55 bits per heavy atom. The molecule has 2 aliphatic rings. The number of nitrogens with one attached hydrogen (secondary N) is 1. The van der Waals surface area contributed by atoms with Gasteiger partial charge < -0.3 is 10.1 Å². The van der Waals surface area contributed by atoms with Crippen molar-refractivity contribution >= 4 is 17.2 Å². The number of halogens is 3. The smallest absolute Gasteiger partial charge is 0.378 e. The van der Waals surface area contributed by atoms with Crippen LogP contribution in [0.3, 0.4) is 0 Å². The predicted molar refractivity (Wildman–Crippen MR) is 74.7 cm³/mol. The van der Waals surface area contributed by atoms with Crippen LogP contribution < -0.4 is 5.32 Å². The molecule has 0 bridgehead atoms. The molecule has 2 aliphatic carbocycles. The highest BCUT2D eigenvalue weighted by Gasteiger charge is 2.59. The van der Waals surface area contributed by atoms with Crippen molar-refractivity contribution in [1.82, 2.24) is 10.3 Å². The number of carbonyl (C=O) groups excluding carboxylic acids is 1. The summed E-state index contributed by atoms with van der Waals surface area (Å²) in [5, 5.41) is 2.74. The van der Waals surface area contributed by atoms with Crippen LogP contribution in [0.2, 0.25) is 0 Å². The highest BCUT2D eigenvalue weighted by atomic mass is 32.1. The van der Waals surface area contributed by atoms with Gasteiger partial charge in [-0.2, -0.15) is 13.2 Å². The molecule has 22 heavy (non-hydrogen) atoms. The van der Waals surface area contributed by atoms with E-state index in [0.717, 1.165) is 24.8 Å². The van der Waals surface area contributed by atoms with Gasteiger partial charge in [-0.15, -0.1) is 11.3 Å². The van der Waals surface area contributed by atoms with Crippen molar-refractivity contribution in [2.75, 3.05) is 6.61 Å². The fraction of sp³-hybridized carbons (Fsp3) is 0.714. The fourth-order valence-corrected chi connectivity index (χ4v) is 4.13. The van der Waals surface area contributed by atoms with E-state index in [-0.39, 0.29) is 17.6 Å². The lowest BCUT2D eigenvalue weighted by molar-refractivity contribution is -0.169. The Morgan fingerprint density at radius 3 is 2.82 bits per heavy atom. The molecule has 1 aromatic rings. The number of carbonyl (C=O) groups is 1. The maximum absolute atomic E-state index is 12.8. The Kier molecular flexibility index (Phi) is 3.92. The van der Waals surface area contributed by atoms with Crippen LogP contribution in [0.4, 0.5) is 13.2 Å². The summed E-state index contributed by atoms with van der Waals surface area (Å²) in [6.07, 6.45) is -0.812. The van der Waals surface area contributed by atoms with Gasteiger partial charge in [-0.1, -0.05) is 6.42 Å². The monoisotopic (exact) mass is 334 g/mol. The summed E-state index contributed by atoms with van der Waals surface area (Å²) < 4.78 is 44.2. The van der Waals surface area contributed by atoms with Crippen LogP contribution in [0, 0.1) is 5.41 Å². The van der Waals surface area contributed by atoms with E-state index in [9.17, 15) is 18.0 Å². The molecule has 2 fully saturated rings. The van der Waals surface area contributed by atoms with Crippen LogP contribution in [0.5, 0.6) is 0 Å². The third-order valence-corrected chi connectivity index (χ3v) is 5.65. The number of amides is 1. The predicted octanol–water partition coefficient (Wildman–Crippen LogP) is 3.24. The van der Waals surface area contributed by atoms with Crippen LogP contribution in [-0.2, 0) is 10.9 Å². The SMILES string of the molecule is CCOC1CC(NC(=O)c2ncsc2C(F)(F)F)C12CCC2. The lowest BCUT2D eigenvalue weighted by atomic mass is 9.51. The molecule has 0 aromatic carbocycles. The normalized spacial score (nSPS) is 26.4. The molecule has 1 spiro atoms. The van der Waals surface area contributed by atoms with E-state index in [0.29, 0.717) is 24.4 Å². The Labute approximate surface area is 130 Å². The zero-order valence-electron chi connectivity index (χ0n) is 12.1. The summed E-state index contributed by atoms with van der Waals surface area (Å²) in [5.41, 5.74) is 0.451. The van der Waals surface area contributed by atoms with Crippen molar-refractivity contribution in [3.8, 4) is 0 Å². The van der Waals surface area contributed by atoms with Gasteiger partial charge >= 0.3 is 6.18 Å². The number of alkyl halides is 3. The Hall–Kier alpha value is -1.15. The van der Waals surface area contributed by atoms with Crippen LogP contribution in [0.25, 0.3) is 0 Å². The Bertz CT molecular complexity index is 569. The number of hydrogen-bond donors (Lipinski definition) is 1. The Morgan fingerprint density at radius 2 is 2.27 bits per heavy atom. The van der Waals surface area contributed by atoms with E-state index in [2.05, 4.69) is 10.3 Å². The highest BCUT2D eigenvalue weighted by Crippen LogP contribution is 2.57. The minimum atomic E-state index is -4.55. The third kappa shape index (κ3) is 2.42. The van der Waals surface area contributed by atoms with E-state index in [4.69, 9.17) is 4.74 Å². The first-order valence-corrected chi connectivity index (χ1v) is 8.19. The number of ether oxygens (including phenoxy) is 1. The molecule has 122 valence electrons. The standard InChI is InChI=1S/C14H17F3N2O2S/c1-2-21-9-6-8(13(9)4-3-5-13)19-12(20)10-11(14(15,16)17)22-7-18-10/h7-9H,2-6H2,1H3,(H,19,20). The van der Waals surface area contributed by atoms with Gasteiger partial charge in [0.1, 0.15) is 4.88 Å². The van der Waals surface area contributed by atoms with Crippen LogP contribution in [0.15, 0.2) is 5.51 Å². The molecule has 0 radical (unpaired) electrons. The van der Waals surface area contributed by atoms with E-state index < -0.39 is 22.7 Å². The van der Waals surface area contributed by atoms with Gasteiger partial charge in [-0.3, -0.25) is 4.79 Å². The lowest BCUT2D eigenvalue weighted by Gasteiger charge is -2.60. The lowest BCUT2D eigenvalue weighted by Crippen LogP contribution is -2.67. The number of nitrogens with zero attached hydrogens (tertiary/aromatic N) is 1. The van der Waals surface area contributed by atoms with Gasteiger partial charge in [-0.05, 0) is 26.2 Å². The minimum Gasteiger partial charge on any atom is -0.378 e. The molecule has 1 N–H and O–H groups in total. The van der Waals surface area contributed by atoms with Crippen LogP contribution in [0.1, 0.15) is 48.0 Å². The van der Waals surface area contributed by atoms with E-state index in [1.54, 1.807) is 0 Å². The van der Waals surface area contributed by atoms with Gasteiger partial charge in [0.05, 0.1) is 11.6 Å². The topological polar surface area (TPSA) is 51.2 Å². The largest absolute Gasteiger partial charge is 0.427 e. The third-order valence-electron chi connectivity index (χ3n) is 4.78. The maximum Gasteiger partial charge on any atom is 0.427 e. The molecule has 0 aliphatic heterocycles. The zero-order chi connectivity index (χ0) is 16.0. The van der Waals surface area contributed by atoms with Gasteiger partial charge in [0.15, 0.2) is 5.69 Å². The highest BCUT2D eigenvalue weighted by molar-refractivity contribution is 7.10. The van der Waals surface area contributed by atoms with Crippen molar-refractivity contribution in [3.63, 3.8) is 0 Å². The van der Waals surface area contributed by atoms with Crippen molar-refractivity contribution in [2.24, 2.45) is 5.41 Å². The second kappa shape index (κ2) is 5.49. The van der Waals surface area contributed by atoms with Crippen LogP contribution in [-0.4, -0.2) is 29.6 Å². The average Bonchev–Trinajstić information content (AvgIpc) is 2.84. The molecule has 1 amide bonds. The van der Waals surface area contributed by atoms with Crippen molar-refractivity contribution in [3.05, 3.63) is 16.1 Å². The van der Waals surface area contributed by atoms with Gasteiger partial charge in [-0.25, -0.2) is 4.98 Å². The number of aromatic nitrogens is 1. The molecule has 3 rings (SSSR count). The van der Waals surface area contributed by atoms with Crippen LogP contribution >= 0.6 is 11.3 Å². The second-order valence-electron chi connectivity index (χ2n) is 5.82. The van der Waals surface area contributed by atoms with Crippen molar-refractivity contribution in [2.45, 2.75) is 50.9 Å². The molecule has 2 saturated carbocycles. The summed E-state index contributed by atoms with van der Waals surface area (Å²) in [6, 6.07) is -0.118. The Balaban J connectivity index is 1.70. The van der Waals surface area contributed by atoms with E-state index >= 15 is 0 Å². The molecule has 2 atom stereocenters. The minimum absolute atomic E-state index is 0.0832. The molecule has 8 heteroatoms. The quantitative estimate of drug-likeness (QED) is 0.920. The van der Waals surface area contributed by atoms with E-state index in [1.807, 2.05) is 6.92 Å². The first-order valence-electron chi connectivity index (χ1n) is 7.31.